The average molecular weight is 378 g/mol. The number of benzene rings is 2. The van der Waals surface area contributed by atoms with Gasteiger partial charge in [0, 0.05) is 0 Å². The van der Waals surface area contributed by atoms with E-state index in [2.05, 4.69) is 67.6 Å². The quantitative estimate of drug-likeness (QED) is 0.713. The lowest BCUT2D eigenvalue weighted by molar-refractivity contribution is -0.123. The van der Waals surface area contributed by atoms with Gasteiger partial charge in [-0.2, -0.15) is 0 Å². The first-order valence-electron chi connectivity index (χ1n) is 9.58. The summed E-state index contributed by atoms with van der Waals surface area (Å²) < 4.78 is 1.11. The maximum atomic E-state index is 12.6. The van der Waals surface area contributed by atoms with E-state index < -0.39 is 0 Å². The number of carbonyl (C=O) groups is 1. The van der Waals surface area contributed by atoms with Gasteiger partial charge in [0.2, 0.25) is 5.91 Å². The summed E-state index contributed by atoms with van der Waals surface area (Å²) in [6, 6.07) is 15.2. The SMILES string of the molecule is CC(C)c1ccc([C@H](NC(=O)Cn2nnc3ccccc3c2=O)C(C)C)cc1. The highest BCUT2D eigenvalue weighted by molar-refractivity contribution is 5.78. The van der Waals surface area contributed by atoms with Gasteiger partial charge in [0.25, 0.3) is 5.56 Å². The normalized spacial score (nSPS) is 12.5. The number of fused-ring (bicyclic) bond motifs is 1. The van der Waals surface area contributed by atoms with Gasteiger partial charge in [-0.05, 0) is 35.1 Å². The number of aromatic nitrogens is 3. The summed E-state index contributed by atoms with van der Waals surface area (Å²) in [6.45, 7) is 8.26. The lowest BCUT2D eigenvalue weighted by Crippen LogP contribution is -2.37. The van der Waals surface area contributed by atoms with E-state index in [0.717, 1.165) is 10.2 Å². The molecule has 1 N–H and O–H groups in total. The highest BCUT2D eigenvalue weighted by Crippen LogP contribution is 2.24. The van der Waals surface area contributed by atoms with Crippen LogP contribution in [0.3, 0.4) is 0 Å². The second-order valence-corrected chi connectivity index (χ2v) is 7.68. The second-order valence-electron chi connectivity index (χ2n) is 7.68. The average Bonchev–Trinajstić information content (AvgIpc) is 2.68. The predicted octanol–water partition coefficient (Wildman–Crippen LogP) is 3.43. The first-order valence-corrected chi connectivity index (χ1v) is 9.58. The summed E-state index contributed by atoms with van der Waals surface area (Å²) in [6.07, 6.45) is 0. The van der Waals surface area contributed by atoms with Crippen LogP contribution in [0.15, 0.2) is 53.3 Å². The Kier molecular flexibility index (Phi) is 5.87. The molecule has 3 rings (SSSR count). The Balaban J connectivity index is 1.78. The zero-order valence-corrected chi connectivity index (χ0v) is 16.7. The molecule has 6 nitrogen and oxygen atoms in total. The Morgan fingerprint density at radius 2 is 1.64 bits per heavy atom. The number of nitrogens with zero attached hydrogens (tertiary/aromatic N) is 3. The predicted molar refractivity (Wildman–Crippen MR) is 110 cm³/mol. The van der Waals surface area contributed by atoms with Gasteiger partial charge in [-0.15, -0.1) is 5.10 Å². The van der Waals surface area contributed by atoms with Crippen molar-refractivity contribution in [3.63, 3.8) is 0 Å². The minimum absolute atomic E-state index is 0.141. The first kappa shape index (κ1) is 19.7. The van der Waals surface area contributed by atoms with Crippen LogP contribution in [0.25, 0.3) is 10.9 Å². The fourth-order valence-corrected chi connectivity index (χ4v) is 3.21. The molecule has 0 aliphatic heterocycles. The van der Waals surface area contributed by atoms with Crippen LogP contribution in [-0.4, -0.2) is 20.9 Å². The molecule has 0 radical (unpaired) electrons. The topological polar surface area (TPSA) is 76.9 Å². The highest BCUT2D eigenvalue weighted by Gasteiger charge is 2.19. The third-order valence-corrected chi connectivity index (χ3v) is 4.87. The fourth-order valence-electron chi connectivity index (χ4n) is 3.21. The molecule has 0 unspecified atom stereocenters. The van der Waals surface area contributed by atoms with Gasteiger partial charge in [-0.25, -0.2) is 4.68 Å². The van der Waals surface area contributed by atoms with Gasteiger partial charge in [-0.3, -0.25) is 9.59 Å². The van der Waals surface area contributed by atoms with Crippen LogP contribution in [0.1, 0.15) is 50.8 Å². The van der Waals surface area contributed by atoms with E-state index in [1.807, 2.05) is 0 Å². The maximum absolute atomic E-state index is 12.6. The molecule has 0 spiro atoms. The van der Waals surface area contributed by atoms with Crippen molar-refractivity contribution in [3.05, 3.63) is 70.0 Å². The van der Waals surface area contributed by atoms with E-state index in [-0.39, 0.29) is 30.0 Å². The molecule has 6 heteroatoms. The number of hydrogen-bond acceptors (Lipinski definition) is 4. The molecule has 0 aliphatic rings. The van der Waals surface area contributed by atoms with Crippen molar-refractivity contribution in [1.29, 1.82) is 0 Å². The van der Waals surface area contributed by atoms with Gasteiger partial charge in [-0.1, -0.05) is 69.3 Å². The van der Waals surface area contributed by atoms with E-state index in [9.17, 15) is 9.59 Å². The summed E-state index contributed by atoms with van der Waals surface area (Å²) in [4.78, 5) is 25.2. The van der Waals surface area contributed by atoms with Crippen LogP contribution < -0.4 is 10.9 Å². The summed E-state index contributed by atoms with van der Waals surface area (Å²) in [7, 11) is 0. The Morgan fingerprint density at radius 3 is 2.29 bits per heavy atom. The Morgan fingerprint density at radius 1 is 1.00 bits per heavy atom. The van der Waals surface area contributed by atoms with Gasteiger partial charge in [0.15, 0.2) is 0 Å². The molecule has 146 valence electrons. The lowest BCUT2D eigenvalue weighted by Gasteiger charge is -2.23. The molecular formula is C22H26N4O2. The number of amides is 1. The highest BCUT2D eigenvalue weighted by atomic mass is 16.2. The summed E-state index contributed by atoms with van der Waals surface area (Å²) >= 11 is 0. The van der Waals surface area contributed by atoms with E-state index in [4.69, 9.17) is 0 Å². The second kappa shape index (κ2) is 8.33. The number of hydrogen-bond donors (Lipinski definition) is 1. The Labute approximate surface area is 164 Å². The van der Waals surface area contributed by atoms with Crippen LogP contribution in [0.2, 0.25) is 0 Å². The van der Waals surface area contributed by atoms with Crippen molar-refractivity contribution in [2.45, 2.75) is 46.2 Å². The van der Waals surface area contributed by atoms with Gasteiger partial charge in [0.1, 0.15) is 12.1 Å². The summed E-state index contributed by atoms with van der Waals surface area (Å²) in [5.41, 5.74) is 2.51. The van der Waals surface area contributed by atoms with Crippen LogP contribution in [0, 0.1) is 5.92 Å². The largest absolute Gasteiger partial charge is 0.347 e. The zero-order chi connectivity index (χ0) is 20.3. The van der Waals surface area contributed by atoms with Crippen molar-refractivity contribution in [2.75, 3.05) is 0 Å². The maximum Gasteiger partial charge on any atom is 0.278 e. The molecule has 2 aromatic carbocycles. The summed E-state index contributed by atoms with van der Waals surface area (Å²) in [5.74, 6) is 0.395. The van der Waals surface area contributed by atoms with Crippen molar-refractivity contribution in [2.24, 2.45) is 5.92 Å². The van der Waals surface area contributed by atoms with Gasteiger partial charge in [0.05, 0.1) is 11.4 Å². The van der Waals surface area contributed by atoms with Crippen molar-refractivity contribution in [3.8, 4) is 0 Å². The molecule has 28 heavy (non-hydrogen) atoms. The molecule has 0 saturated carbocycles. The molecule has 1 atom stereocenters. The van der Waals surface area contributed by atoms with Gasteiger partial charge >= 0.3 is 0 Å². The molecular weight excluding hydrogens is 352 g/mol. The molecule has 0 saturated heterocycles. The molecule has 1 aromatic heterocycles. The first-order chi connectivity index (χ1) is 13.4. The van der Waals surface area contributed by atoms with Crippen molar-refractivity contribution < 1.29 is 4.79 Å². The van der Waals surface area contributed by atoms with Crippen LogP contribution in [0.4, 0.5) is 0 Å². The number of nitrogens with one attached hydrogen (secondary N) is 1. The van der Waals surface area contributed by atoms with Crippen LogP contribution in [-0.2, 0) is 11.3 Å². The molecule has 1 heterocycles. The lowest BCUT2D eigenvalue weighted by atomic mass is 9.93. The molecule has 0 aliphatic carbocycles. The molecule has 0 fully saturated rings. The van der Waals surface area contributed by atoms with E-state index in [0.29, 0.717) is 16.8 Å². The van der Waals surface area contributed by atoms with E-state index in [1.165, 1.54) is 5.56 Å². The minimum Gasteiger partial charge on any atom is -0.347 e. The Bertz CT molecular complexity index is 1020. The van der Waals surface area contributed by atoms with Gasteiger partial charge < -0.3 is 5.32 Å². The zero-order valence-electron chi connectivity index (χ0n) is 16.7. The van der Waals surface area contributed by atoms with Crippen LogP contribution in [0.5, 0.6) is 0 Å². The standard InChI is InChI=1S/C22H26N4O2/c1-14(2)16-9-11-17(12-10-16)21(15(3)4)23-20(27)13-26-22(28)18-7-5-6-8-19(18)24-25-26/h5-12,14-15,21H,13H2,1-4H3,(H,23,27)/t21-/m1/s1. The summed E-state index contributed by atoms with van der Waals surface area (Å²) in [5, 5.41) is 11.4. The molecule has 3 aromatic rings. The fraction of sp³-hybridized carbons (Fsp3) is 0.364. The van der Waals surface area contributed by atoms with Crippen molar-refractivity contribution in [1.82, 2.24) is 20.3 Å². The third kappa shape index (κ3) is 4.27. The van der Waals surface area contributed by atoms with E-state index >= 15 is 0 Å². The minimum atomic E-state index is -0.317. The molecule has 0 bridgehead atoms. The van der Waals surface area contributed by atoms with Crippen molar-refractivity contribution >= 4 is 16.8 Å². The third-order valence-electron chi connectivity index (χ3n) is 4.87. The smallest absolute Gasteiger partial charge is 0.278 e. The Hall–Kier alpha value is -3.02. The number of rotatable bonds is 6. The molecule has 1 amide bonds. The number of carbonyl (C=O) groups excluding carboxylic acids is 1. The monoisotopic (exact) mass is 378 g/mol. The van der Waals surface area contributed by atoms with Crippen LogP contribution >= 0.6 is 0 Å². The van der Waals surface area contributed by atoms with E-state index in [1.54, 1.807) is 24.3 Å².